The molecule has 1 fully saturated rings. The van der Waals surface area contributed by atoms with E-state index in [1.54, 1.807) is 24.0 Å². The average Bonchev–Trinajstić information content (AvgIpc) is 3.35. The van der Waals surface area contributed by atoms with E-state index >= 15 is 0 Å². The minimum absolute atomic E-state index is 0.0101. The van der Waals surface area contributed by atoms with Crippen LogP contribution >= 0.6 is 11.3 Å². The number of aromatic nitrogens is 6. The van der Waals surface area contributed by atoms with E-state index in [0.717, 1.165) is 23.4 Å². The summed E-state index contributed by atoms with van der Waals surface area (Å²) in [6.45, 7) is 3.70. The van der Waals surface area contributed by atoms with Gasteiger partial charge in [-0.3, -0.25) is 9.97 Å². The van der Waals surface area contributed by atoms with E-state index in [-0.39, 0.29) is 11.1 Å². The highest BCUT2D eigenvalue weighted by molar-refractivity contribution is 7.12. The fourth-order valence-corrected chi connectivity index (χ4v) is 4.68. The summed E-state index contributed by atoms with van der Waals surface area (Å²) in [5.74, 6) is 0.827. The molecule has 1 saturated heterocycles. The largest absolute Gasteiger partial charge is 0.395 e. The van der Waals surface area contributed by atoms with Crippen molar-refractivity contribution in [1.29, 1.82) is 0 Å². The zero-order valence-corrected chi connectivity index (χ0v) is 18.7. The summed E-state index contributed by atoms with van der Waals surface area (Å²) >= 11 is 1.01. The number of fused-ring (bicyclic) bond motifs is 1. The van der Waals surface area contributed by atoms with Gasteiger partial charge in [-0.25, -0.2) is 14.6 Å². The molecule has 3 aromatic heterocycles. The molecule has 0 spiro atoms. The van der Waals surface area contributed by atoms with Gasteiger partial charge in [0.05, 0.1) is 29.7 Å². The van der Waals surface area contributed by atoms with Gasteiger partial charge in [0.2, 0.25) is 0 Å². The zero-order chi connectivity index (χ0) is 23.2. The van der Waals surface area contributed by atoms with Crippen LogP contribution in [0.3, 0.4) is 0 Å². The molecule has 12 heteroatoms. The Bertz CT molecular complexity index is 1300. The summed E-state index contributed by atoms with van der Waals surface area (Å²) in [6, 6.07) is 5.46. The minimum Gasteiger partial charge on any atom is -0.367 e. The lowest BCUT2D eigenvalue weighted by molar-refractivity contribution is -0.127. The molecule has 33 heavy (non-hydrogen) atoms. The van der Waals surface area contributed by atoms with Crippen molar-refractivity contribution >= 4 is 22.4 Å². The summed E-state index contributed by atoms with van der Waals surface area (Å²) in [5.41, 5.74) is 2.42. The number of hydrogen-bond donors (Lipinski definition) is 0. The van der Waals surface area contributed by atoms with E-state index in [1.165, 1.54) is 0 Å². The second-order valence-electron chi connectivity index (χ2n) is 7.86. The van der Waals surface area contributed by atoms with Crippen LogP contribution < -0.4 is 0 Å². The van der Waals surface area contributed by atoms with Gasteiger partial charge in [-0.15, -0.1) is 16.4 Å². The van der Waals surface area contributed by atoms with Crippen LogP contribution in [-0.4, -0.2) is 67.5 Å². The third-order valence-corrected chi connectivity index (χ3v) is 6.25. The number of benzene rings is 1. The topological polar surface area (TPSA) is 81.9 Å². The van der Waals surface area contributed by atoms with E-state index < -0.39 is 12.6 Å². The maximum absolute atomic E-state index is 13.0. The Morgan fingerprint density at radius 2 is 1.94 bits per heavy atom. The fourth-order valence-electron chi connectivity index (χ4n) is 3.72. The van der Waals surface area contributed by atoms with Crippen LogP contribution in [0.4, 0.5) is 13.2 Å². The number of nitrogens with zero attached hydrogens (tertiary/aromatic N) is 7. The molecule has 0 amide bonds. The van der Waals surface area contributed by atoms with Crippen LogP contribution in [0.25, 0.3) is 28.2 Å². The average molecular weight is 476 g/mol. The zero-order valence-electron chi connectivity index (χ0n) is 17.9. The summed E-state index contributed by atoms with van der Waals surface area (Å²) in [5, 5.41) is 4.68. The van der Waals surface area contributed by atoms with E-state index in [9.17, 15) is 13.2 Å². The first kappa shape index (κ1) is 21.9. The Hall–Kier alpha value is -2.96. The molecule has 172 valence electrons. The first-order chi connectivity index (χ1) is 15.8. The Balaban J connectivity index is 1.62. The Morgan fingerprint density at radius 3 is 2.70 bits per heavy atom. The molecule has 8 nitrogen and oxygen atoms in total. The first-order valence-corrected chi connectivity index (χ1v) is 11.1. The van der Waals surface area contributed by atoms with Crippen molar-refractivity contribution in [3.8, 4) is 17.2 Å². The highest BCUT2D eigenvalue weighted by atomic mass is 32.1. The van der Waals surface area contributed by atoms with Gasteiger partial charge < -0.3 is 9.64 Å². The van der Waals surface area contributed by atoms with Gasteiger partial charge in [-0.05, 0) is 32.2 Å². The number of rotatable bonds is 4. The van der Waals surface area contributed by atoms with Gasteiger partial charge >= 0.3 is 6.18 Å². The van der Waals surface area contributed by atoms with Gasteiger partial charge in [0.15, 0.2) is 11.6 Å². The molecule has 0 N–H and O–H groups in total. The molecule has 4 heterocycles. The summed E-state index contributed by atoms with van der Waals surface area (Å²) in [4.78, 5) is 20.4. The predicted octanol–water partition coefficient (Wildman–Crippen LogP) is 3.75. The molecule has 1 unspecified atom stereocenters. The SMILES string of the molecule is Cc1sc(CC(F)(F)F)nc1-c1nc(C2CN(C)CCO2)nn1-c1ccc2nccnc2c1. The van der Waals surface area contributed by atoms with E-state index in [4.69, 9.17) is 14.8 Å². The maximum atomic E-state index is 13.0. The second kappa shape index (κ2) is 8.43. The number of alkyl halides is 3. The maximum Gasteiger partial charge on any atom is 0.395 e. The Morgan fingerprint density at radius 1 is 1.15 bits per heavy atom. The molecule has 5 rings (SSSR count). The van der Waals surface area contributed by atoms with Crippen LogP contribution in [0.1, 0.15) is 21.8 Å². The molecule has 1 aromatic carbocycles. The Kier molecular flexibility index (Phi) is 5.59. The van der Waals surface area contributed by atoms with Gasteiger partial charge in [-0.2, -0.15) is 13.2 Å². The lowest BCUT2D eigenvalue weighted by Gasteiger charge is -2.28. The van der Waals surface area contributed by atoms with Gasteiger partial charge in [0, 0.05) is 30.4 Å². The van der Waals surface area contributed by atoms with Gasteiger partial charge in [0.25, 0.3) is 0 Å². The van der Waals surface area contributed by atoms with Crippen LogP contribution in [0, 0.1) is 6.92 Å². The van der Waals surface area contributed by atoms with E-state index in [1.807, 2.05) is 25.2 Å². The van der Waals surface area contributed by atoms with Crippen molar-refractivity contribution in [2.75, 3.05) is 26.7 Å². The highest BCUT2D eigenvalue weighted by Crippen LogP contribution is 2.33. The Labute approximate surface area is 191 Å². The van der Waals surface area contributed by atoms with Crippen molar-refractivity contribution in [3.63, 3.8) is 0 Å². The standard InChI is InChI=1S/C21H20F3N7OS/c1-12-18(27-17(33-12)10-21(22,23)24)20-28-19(16-11-30(2)7-8-32-16)29-31(20)13-3-4-14-15(9-13)26-6-5-25-14/h3-6,9,16H,7-8,10-11H2,1-2H3. The number of morpholine rings is 1. The monoisotopic (exact) mass is 475 g/mol. The van der Waals surface area contributed by atoms with Crippen molar-refractivity contribution in [2.45, 2.75) is 25.6 Å². The molecule has 0 radical (unpaired) electrons. The van der Waals surface area contributed by atoms with Crippen molar-refractivity contribution in [1.82, 2.24) is 34.6 Å². The molecule has 1 aliphatic heterocycles. The van der Waals surface area contributed by atoms with Crippen LogP contribution in [0.5, 0.6) is 0 Å². The number of aryl methyl sites for hydroxylation is 1. The second-order valence-corrected chi connectivity index (χ2v) is 9.15. The minimum atomic E-state index is -4.34. The molecule has 1 aliphatic rings. The van der Waals surface area contributed by atoms with Crippen molar-refractivity contribution in [3.05, 3.63) is 46.3 Å². The summed E-state index contributed by atoms with van der Waals surface area (Å²) < 4.78 is 46.4. The predicted molar refractivity (Wildman–Crippen MR) is 116 cm³/mol. The number of hydrogen-bond acceptors (Lipinski definition) is 8. The molecule has 0 bridgehead atoms. The number of likely N-dealkylation sites (N-methyl/N-ethyl adjacent to an activating group) is 1. The van der Waals surface area contributed by atoms with Crippen molar-refractivity contribution < 1.29 is 17.9 Å². The molecular weight excluding hydrogens is 455 g/mol. The molecule has 0 saturated carbocycles. The van der Waals surface area contributed by atoms with Crippen LogP contribution in [-0.2, 0) is 11.2 Å². The smallest absolute Gasteiger partial charge is 0.367 e. The third kappa shape index (κ3) is 4.59. The van der Waals surface area contributed by atoms with E-state index in [2.05, 4.69) is 19.9 Å². The normalized spacial score (nSPS) is 17.7. The van der Waals surface area contributed by atoms with E-state index in [0.29, 0.717) is 46.6 Å². The first-order valence-electron chi connectivity index (χ1n) is 10.3. The number of halogens is 3. The third-order valence-electron chi connectivity index (χ3n) is 5.28. The van der Waals surface area contributed by atoms with Crippen LogP contribution in [0.2, 0.25) is 0 Å². The molecule has 1 atom stereocenters. The van der Waals surface area contributed by atoms with Gasteiger partial charge in [-0.1, -0.05) is 0 Å². The summed E-state index contributed by atoms with van der Waals surface area (Å²) in [6.07, 6.45) is -2.56. The van der Waals surface area contributed by atoms with Crippen LogP contribution in [0.15, 0.2) is 30.6 Å². The lowest BCUT2D eigenvalue weighted by Crippen LogP contribution is -2.35. The quantitative estimate of drug-likeness (QED) is 0.445. The van der Waals surface area contributed by atoms with Crippen molar-refractivity contribution in [2.24, 2.45) is 0 Å². The molecule has 4 aromatic rings. The molecule has 0 aliphatic carbocycles. The fraction of sp³-hybridized carbons (Fsp3) is 0.381. The lowest BCUT2D eigenvalue weighted by atomic mass is 10.2. The number of thiazole rings is 1. The van der Waals surface area contributed by atoms with Gasteiger partial charge in [0.1, 0.15) is 16.8 Å². The summed E-state index contributed by atoms with van der Waals surface area (Å²) in [7, 11) is 1.99. The number of ether oxygens (including phenoxy) is 1. The highest BCUT2D eigenvalue weighted by Gasteiger charge is 2.31. The molecular formula is C21H20F3N7OS.